The third-order valence-corrected chi connectivity index (χ3v) is 5.68. The van der Waals surface area contributed by atoms with Gasteiger partial charge in [-0.15, -0.1) is 0 Å². The molecule has 1 saturated carbocycles. The van der Waals surface area contributed by atoms with Gasteiger partial charge in [-0.3, -0.25) is 4.79 Å². The monoisotopic (exact) mass is 387 g/mol. The summed E-state index contributed by atoms with van der Waals surface area (Å²) in [6, 6.07) is 10.5. The molecule has 1 aromatic carbocycles. The average molecular weight is 388 g/mol. The molecule has 0 N–H and O–H groups in total. The molecular formula is C21H23ClFN3O. The van der Waals surface area contributed by atoms with E-state index in [1.807, 2.05) is 34.1 Å². The van der Waals surface area contributed by atoms with Crippen LogP contribution < -0.4 is 9.80 Å². The Kier molecular flexibility index (Phi) is 5.30. The molecule has 2 aromatic rings. The second-order valence-electron chi connectivity index (χ2n) is 7.44. The molecule has 0 bridgehead atoms. The number of aromatic nitrogens is 1. The Bertz CT molecular complexity index is 801. The molecule has 1 aliphatic heterocycles. The molecular weight excluding hydrogens is 365 g/mol. The van der Waals surface area contributed by atoms with Gasteiger partial charge >= 0.3 is 0 Å². The highest BCUT2D eigenvalue weighted by Crippen LogP contribution is 2.34. The zero-order valence-corrected chi connectivity index (χ0v) is 15.9. The smallest absolute Gasteiger partial charge is 0.230 e. The van der Waals surface area contributed by atoms with Crippen molar-refractivity contribution < 1.29 is 9.18 Å². The van der Waals surface area contributed by atoms with Crippen LogP contribution >= 0.6 is 11.6 Å². The summed E-state index contributed by atoms with van der Waals surface area (Å²) < 4.78 is 14.0. The lowest BCUT2D eigenvalue weighted by Gasteiger charge is -2.35. The molecule has 4 rings (SSSR count). The van der Waals surface area contributed by atoms with Crippen LogP contribution in [-0.2, 0) is 4.79 Å². The maximum atomic E-state index is 14.0. The van der Waals surface area contributed by atoms with E-state index in [-0.39, 0.29) is 17.6 Å². The molecule has 0 unspecified atom stereocenters. The number of pyridine rings is 1. The SMILES string of the molecule is O=C(C1CCN(c2ncccc2F)CC1)N(CC1CC1)c1ccc(Cl)cc1. The van der Waals surface area contributed by atoms with Gasteiger partial charge in [-0.2, -0.15) is 0 Å². The Balaban J connectivity index is 1.44. The van der Waals surface area contributed by atoms with Crippen LogP contribution in [0, 0.1) is 17.7 Å². The minimum absolute atomic E-state index is 0.0394. The molecule has 6 heteroatoms. The van der Waals surface area contributed by atoms with Crippen LogP contribution in [0.5, 0.6) is 0 Å². The highest BCUT2D eigenvalue weighted by atomic mass is 35.5. The molecule has 0 atom stereocenters. The summed E-state index contributed by atoms with van der Waals surface area (Å²) in [5, 5.41) is 0.670. The van der Waals surface area contributed by atoms with E-state index in [2.05, 4.69) is 4.98 Å². The molecule has 2 fully saturated rings. The van der Waals surface area contributed by atoms with Gasteiger partial charge in [0.25, 0.3) is 0 Å². The van der Waals surface area contributed by atoms with E-state index in [1.165, 1.54) is 18.9 Å². The third kappa shape index (κ3) is 4.24. The maximum absolute atomic E-state index is 14.0. The van der Waals surface area contributed by atoms with Crippen LogP contribution in [0.1, 0.15) is 25.7 Å². The number of rotatable bonds is 5. The molecule has 1 aromatic heterocycles. The standard InChI is InChI=1S/C21H23ClFN3O/c22-17-5-7-18(8-6-17)26(14-15-3-4-15)21(27)16-9-12-25(13-10-16)20-19(23)2-1-11-24-20/h1-2,5-8,11,15-16H,3-4,9-10,12-14H2. The predicted octanol–water partition coefficient (Wildman–Crippen LogP) is 4.53. The van der Waals surface area contributed by atoms with E-state index in [1.54, 1.807) is 12.3 Å². The van der Waals surface area contributed by atoms with E-state index < -0.39 is 0 Å². The number of halogens is 2. The Morgan fingerprint density at radius 3 is 2.48 bits per heavy atom. The fourth-order valence-electron chi connectivity index (χ4n) is 3.67. The summed E-state index contributed by atoms with van der Waals surface area (Å²) in [6.07, 6.45) is 5.41. The summed E-state index contributed by atoms with van der Waals surface area (Å²) in [6.45, 7) is 2.06. The molecule has 1 aliphatic carbocycles. The van der Waals surface area contributed by atoms with E-state index >= 15 is 0 Å². The number of carbonyl (C=O) groups is 1. The second-order valence-corrected chi connectivity index (χ2v) is 7.88. The summed E-state index contributed by atoms with van der Waals surface area (Å²) >= 11 is 6.00. The van der Waals surface area contributed by atoms with Gasteiger partial charge in [-0.1, -0.05) is 11.6 Å². The first-order chi connectivity index (χ1) is 13.1. The number of piperidine rings is 1. The minimum atomic E-state index is -0.307. The van der Waals surface area contributed by atoms with Gasteiger partial charge in [-0.25, -0.2) is 9.37 Å². The normalized spacial score (nSPS) is 17.8. The number of anilines is 2. The quantitative estimate of drug-likeness (QED) is 0.756. The number of amides is 1. The molecule has 2 heterocycles. The number of benzene rings is 1. The molecule has 0 spiro atoms. The van der Waals surface area contributed by atoms with Gasteiger partial charge in [0, 0.05) is 42.5 Å². The van der Waals surface area contributed by atoms with Gasteiger partial charge in [-0.05, 0) is 68.0 Å². The number of carbonyl (C=O) groups excluding carboxylic acids is 1. The zero-order chi connectivity index (χ0) is 18.8. The van der Waals surface area contributed by atoms with Crippen LogP contribution in [0.2, 0.25) is 5.02 Å². The number of nitrogens with zero attached hydrogens (tertiary/aromatic N) is 3. The van der Waals surface area contributed by atoms with Crippen molar-refractivity contribution >= 4 is 29.0 Å². The Hall–Kier alpha value is -2.14. The van der Waals surface area contributed by atoms with E-state index in [0.29, 0.717) is 42.7 Å². The number of hydrogen-bond donors (Lipinski definition) is 0. The molecule has 1 saturated heterocycles. The van der Waals surface area contributed by atoms with Crippen molar-refractivity contribution in [3.05, 3.63) is 53.4 Å². The Morgan fingerprint density at radius 2 is 1.85 bits per heavy atom. The first-order valence-electron chi connectivity index (χ1n) is 9.54. The van der Waals surface area contributed by atoms with Crippen molar-refractivity contribution in [1.29, 1.82) is 0 Å². The highest BCUT2D eigenvalue weighted by molar-refractivity contribution is 6.30. The summed E-state index contributed by atoms with van der Waals surface area (Å²) in [7, 11) is 0. The van der Waals surface area contributed by atoms with E-state index in [0.717, 1.165) is 12.2 Å². The molecule has 142 valence electrons. The van der Waals surface area contributed by atoms with E-state index in [9.17, 15) is 9.18 Å². The van der Waals surface area contributed by atoms with Crippen LogP contribution in [0.3, 0.4) is 0 Å². The van der Waals surface area contributed by atoms with Gasteiger partial charge < -0.3 is 9.80 Å². The van der Waals surface area contributed by atoms with Crippen molar-refractivity contribution in [2.45, 2.75) is 25.7 Å². The van der Waals surface area contributed by atoms with Crippen molar-refractivity contribution in [3.8, 4) is 0 Å². The van der Waals surface area contributed by atoms with Crippen LogP contribution in [0.25, 0.3) is 0 Å². The highest BCUT2D eigenvalue weighted by Gasteiger charge is 2.33. The van der Waals surface area contributed by atoms with Gasteiger partial charge in [0.1, 0.15) is 0 Å². The minimum Gasteiger partial charge on any atom is -0.354 e. The lowest BCUT2D eigenvalue weighted by molar-refractivity contribution is -0.123. The molecule has 27 heavy (non-hydrogen) atoms. The third-order valence-electron chi connectivity index (χ3n) is 5.42. The zero-order valence-electron chi connectivity index (χ0n) is 15.2. The topological polar surface area (TPSA) is 36.4 Å². The van der Waals surface area contributed by atoms with Gasteiger partial charge in [0.15, 0.2) is 11.6 Å². The van der Waals surface area contributed by atoms with Gasteiger partial charge in [0.2, 0.25) is 5.91 Å². The second kappa shape index (κ2) is 7.85. The molecule has 0 radical (unpaired) electrons. The van der Waals surface area contributed by atoms with Crippen LogP contribution in [0.15, 0.2) is 42.6 Å². The lowest BCUT2D eigenvalue weighted by atomic mass is 9.94. The van der Waals surface area contributed by atoms with Crippen LogP contribution in [-0.4, -0.2) is 30.5 Å². The first-order valence-corrected chi connectivity index (χ1v) is 9.92. The maximum Gasteiger partial charge on any atom is 0.230 e. The summed E-state index contributed by atoms with van der Waals surface area (Å²) in [5.74, 6) is 0.815. The Labute approximate surface area is 163 Å². The van der Waals surface area contributed by atoms with Crippen molar-refractivity contribution in [2.24, 2.45) is 11.8 Å². The largest absolute Gasteiger partial charge is 0.354 e. The summed E-state index contributed by atoms with van der Waals surface area (Å²) in [4.78, 5) is 21.3. The first kappa shape index (κ1) is 18.2. The van der Waals surface area contributed by atoms with Crippen molar-refractivity contribution in [2.75, 3.05) is 29.4 Å². The summed E-state index contributed by atoms with van der Waals surface area (Å²) in [5.41, 5.74) is 0.912. The molecule has 4 nitrogen and oxygen atoms in total. The Morgan fingerprint density at radius 1 is 1.15 bits per heavy atom. The fraction of sp³-hybridized carbons (Fsp3) is 0.429. The fourth-order valence-corrected chi connectivity index (χ4v) is 3.80. The predicted molar refractivity (Wildman–Crippen MR) is 106 cm³/mol. The van der Waals surface area contributed by atoms with Crippen molar-refractivity contribution in [1.82, 2.24) is 4.98 Å². The van der Waals surface area contributed by atoms with Crippen molar-refractivity contribution in [3.63, 3.8) is 0 Å². The lowest BCUT2D eigenvalue weighted by Crippen LogP contribution is -2.44. The van der Waals surface area contributed by atoms with E-state index in [4.69, 9.17) is 11.6 Å². The average Bonchev–Trinajstić information content (AvgIpc) is 3.51. The van der Waals surface area contributed by atoms with Gasteiger partial charge in [0.05, 0.1) is 0 Å². The number of hydrogen-bond acceptors (Lipinski definition) is 3. The van der Waals surface area contributed by atoms with Crippen LogP contribution in [0.4, 0.5) is 15.9 Å². The molecule has 2 aliphatic rings. The molecule has 1 amide bonds.